The molecule has 3 heterocycles. The summed E-state index contributed by atoms with van der Waals surface area (Å²) in [6.45, 7) is 0.180. The molecular formula is C19H12FN3O3S. The lowest BCUT2D eigenvalue weighted by molar-refractivity contribution is 0.102. The van der Waals surface area contributed by atoms with Gasteiger partial charge in [0.15, 0.2) is 16.5 Å². The van der Waals surface area contributed by atoms with Gasteiger partial charge in [-0.25, -0.2) is 9.37 Å². The van der Waals surface area contributed by atoms with E-state index >= 15 is 0 Å². The van der Waals surface area contributed by atoms with E-state index in [0.717, 1.165) is 5.56 Å². The van der Waals surface area contributed by atoms with Crippen molar-refractivity contribution in [2.75, 3.05) is 12.1 Å². The number of hydrogen-bond donors (Lipinski definition) is 1. The minimum Gasteiger partial charge on any atom is -0.454 e. The number of nitrogens with zero attached hydrogens (tertiary/aromatic N) is 2. The van der Waals surface area contributed by atoms with Gasteiger partial charge in [0, 0.05) is 28.9 Å². The predicted molar refractivity (Wildman–Crippen MR) is 99.0 cm³/mol. The first kappa shape index (κ1) is 15.8. The molecular weight excluding hydrogens is 369 g/mol. The fourth-order valence-corrected chi connectivity index (χ4v) is 3.73. The second-order valence-corrected chi connectivity index (χ2v) is 6.77. The minimum absolute atomic E-state index is 0.180. The van der Waals surface area contributed by atoms with Gasteiger partial charge >= 0.3 is 0 Å². The zero-order valence-corrected chi connectivity index (χ0v) is 14.6. The molecule has 0 spiro atoms. The Balaban J connectivity index is 1.44. The summed E-state index contributed by atoms with van der Waals surface area (Å²) in [5.74, 6) is 0.695. The number of rotatable bonds is 3. The van der Waals surface area contributed by atoms with E-state index in [-0.39, 0.29) is 18.5 Å². The number of imidazole rings is 1. The first-order valence-electron chi connectivity index (χ1n) is 8.11. The zero-order valence-electron chi connectivity index (χ0n) is 13.8. The summed E-state index contributed by atoms with van der Waals surface area (Å²) < 4.78 is 25.4. The van der Waals surface area contributed by atoms with Crippen molar-refractivity contribution in [3.63, 3.8) is 0 Å². The lowest BCUT2D eigenvalue weighted by Crippen LogP contribution is -2.13. The highest BCUT2D eigenvalue weighted by atomic mass is 32.1. The number of anilines is 1. The third kappa shape index (κ3) is 2.80. The Morgan fingerprint density at radius 2 is 1.96 bits per heavy atom. The van der Waals surface area contributed by atoms with E-state index in [0.29, 0.717) is 33.5 Å². The summed E-state index contributed by atoms with van der Waals surface area (Å²) in [6, 6.07) is 11.3. The number of aromatic nitrogens is 2. The van der Waals surface area contributed by atoms with Gasteiger partial charge in [-0.05, 0) is 36.4 Å². The second-order valence-electron chi connectivity index (χ2n) is 5.93. The van der Waals surface area contributed by atoms with E-state index in [4.69, 9.17) is 9.47 Å². The van der Waals surface area contributed by atoms with Crippen LogP contribution in [0.5, 0.6) is 11.5 Å². The third-order valence-electron chi connectivity index (χ3n) is 4.21. The Kier molecular flexibility index (Phi) is 3.58. The van der Waals surface area contributed by atoms with Crippen LogP contribution in [0.25, 0.3) is 16.2 Å². The zero-order chi connectivity index (χ0) is 18.4. The average molecular weight is 381 g/mol. The summed E-state index contributed by atoms with van der Waals surface area (Å²) in [7, 11) is 0. The molecule has 1 N–H and O–H groups in total. The maximum atomic E-state index is 13.1. The molecule has 0 saturated heterocycles. The van der Waals surface area contributed by atoms with E-state index in [2.05, 4.69) is 10.3 Å². The van der Waals surface area contributed by atoms with Gasteiger partial charge in [0.2, 0.25) is 6.79 Å². The smallest absolute Gasteiger partial charge is 0.273 e. The van der Waals surface area contributed by atoms with E-state index < -0.39 is 0 Å². The number of carbonyl (C=O) groups is 1. The number of fused-ring (bicyclic) bond motifs is 2. The third-order valence-corrected chi connectivity index (χ3v) is 5.05. The Bertz CT molecular complexity index is 1170. The highest BCUT2D eigenvalue weighted by molar-refractivity contribution is 7.15. The fraction of sp³-hybridized carbons (Fsp3) is 0.0526. The number of amides is 1. The van der Waals surface area contributed by atoms with Crippen LogP contribution >= 0.6 is 11.3 Å². The van der Waals surface area contributed by atoms with Crippen molar-refractivity contribution in [1.29, 1.82) is 0 Å². The number of halogens is 1. The van der Waals surface area contributed by atoms with Crippen molar-refractivity contribution < 1.29 is 18.7 Å². The van der Waals surface area contributed by atoms with Gasteiger partial charge in [-0.3, -0.25) is 9.20 Å². The summed E-state index contributed by atoms with van der Waals surface area (Å²) in [4.78, 5) is 17.9. The fourth-order valence-electron chi connectivity index (χ4n) is 2.88. The van der Waals surface area contributed by atoms with Crippen molar-refractivity contribution in [3.05, 3.63) is 65.6 Å². The minimum atomic E-state index is -0.302. The monoisotopic (exact) mass is 381 g/mol. The van der Waals surface area contributed by atoms with Crippen LogP contribution in [0.2, 0.25) is 0 Å². The van der Waals surface area contributed by atoms with Crippen molar-refractivity contribution in [2.45, 2.75) is 0 Å². The van der Waals surface area contributed by atoms with Gasteiger partial charge in [0.25, 0.3) is 5.91 Å². The molecule has 0 atom stereocenters. The molecule has 0 fully saturated rings. The second kappa shape index (κ2) is 6.10. The van der Waals surface area contributed by atoms with Crippen LogP contribution in [0.4, 0.5) is 10.1 Å². The molecule has 0 radical (unpaired) electrons. The highest BCUT2D eigenvalue weighted by Gasteiger charge is 2.18. The first-order chi connectivity index (χ1) is 13.2. The molecule has 8 heteroatoms. The molecule has 2 aromatic carbocycles. The van der Waals surface area contributed by atoms with Crippen LogP contribution in [0, 0.1) is 5.82 Å². The van der Waals surface area contributed by atoms with Gasteiger partial charge in [-0.2, -0.15) is 0 Å². The van der Waals surface area contributed by atoms with Gasteiger partial charge in [0.1, 0.15) is 11.5 Å². The lowest BCUT2D eigenvalue weighted by atomic mass is 10.2. The Labute approximate surface area is 156 Å². The molecule has 0 bridgehead atoms. The average Bonchev–Trinajstić information content (AvgIpc) is 3.37. The molecule has 0 unspecified atom stereocenters. The Morgan fingerprint density at radius 1 is 1.15 bits per heavy atom. The molecule has 2 aromatic heterocycles. The Hall–Kier alpha value is -3.39. The standard InChI is InChI=1S/C19H12FN3O3S/c20-12-3-1-11(2-4-12)14-8-23-15(9-27-19(23)22-14)18(24)21-13-5-6-16-17(7-13)26-10-25-16/h1-9H,10H2,(H,21,24). The van der Waals surface area contributed by atoms with Crippen LogP contribution in [0.15, 0.2) is 54.0 Å². The molecule has 1 aliphatic rings. The van der Waals surface area contributed by atoms with Gasteiger partial charge in [-0.15, -0.1) is 11.3 Å². The molecule has 0 aliphatic carbocycles. The van der Waals surface area contributed by atoms with E-state index in [1.165, 1.54) is 23.5 Å². The first-order valence-corrected chi connectivity index (χ1v) is 8.99. The quantitative estimate of drug-likeness (QED) is 0.578. The van der Waals surface area contributed by atoms with Crippen LogP contribution < -0.4 is 14.8 Å². The maximum Gasteiger partial charge on any atom is 0.273 e. The number of nitrogens with one attached hydrogen (secondary N) is 1. The number of thiazole rings is 1. The van der Waals surface area contributed by atoms with Gasteiger partial charge in [-0.1, -0.05) is 0 Å². The summed E-state index contributed by atoms with van der Waals surface area (Å²) in [5.41, 5.74) is 2.55. The highest BCUT2D eigenvalue weighted by Crippen LogP contribution is 2.34. The SMILES string of the molecule is O=C(Nc1ccc2c(c1)OCO2)c1csc2nc(-c3ccc(F)cc3)cn12. The summed E-state index contributed by atoms with van der Waals surface area (Å²) in [5, 5.41) is 4.61. The van der Waals surface area contributed by atoms with Crippen molar-refractivity contribution in [3.8, 4) is 22.8 Å². The number of ether oxygens (including phenoxy) is 2. The number of benzene rings is 2. The van der Waals surface area contributed by atoms with Crippen LogP contribution in [0.1, 0.15) is 10.5 Å². The van der Waals surface area contributed by atoms with Gasteiger partial charge in [0.05, 0.1) is 5.69 Å². The predicted octanol–water partition coefficient (Wildman–Crippen LogP) is 4.18. The molecule has 134 valence electrons. The topological polar surface area (TPSA) is 64.9 Å². The lowest BCUT2D eigenvalue weighted by Gasteiger charge is -2.05. The van der Waals surface area contributed by atoms with Crippen LogP contribution in [-0.4, -0.2) is 22.1 Å². The van der Waals surface area contributed by atoms with Crippen molar-refractivity contribution >= 4 is 27.9 Å². The molecule has 1 aliphatic heterocycles. The molecule has 5 rings (SSSR count). The normalized spacial score (nSPS) is 12.5. The molecule has 6 nitrogen and oxygen atoms in total. The van der Waals surface area contributed by atoms with Crippen LogP contribution in [0.3, 0.4) is 0 Å². The van der Waals surface area contributed by atoms with E-state index in [1.54, 1.807) is 46.3 Å². The van der Waals surface area contributed by atoms with E-state index in [1.807, 2.05) is 0 Å². The molecule has 4 aromatic rings. The maximum absolute atomic E-state index is 13.1. The molecule has 0 saturated carbocycles. The molecule has 1 amide bonds. The number of carbonyl (C=O) groups excluding carboxylic acids is 1. The summed E-state index contributed by atoms with van der Waals surface area (Å²) in [6.07, 6.45) is 1.77. The van der Waals surface area contributed by atoms with Crippen LogP contribution in [-0.2, 0) is 0 Å². The van der Waals surface area contributed by atoms with Crippen molar-refractivity contribution in [1.82, 2.24) is 9.38 Å². The number of hydrogen-bond acceptors (Lipinski definition) is 5. The largest absolute Gasteiger partial charge is 0.454 e. The molecule has 27 heavy (non-hydrogen) atoms. The van der Waals surface area contributed by atoms with Crippen molar-refractivity contribution in [2.24, 2.45) is 0 Å². The van der Waals surface area contributed by atoms with E-state index in [9.17, 15) is 9.18 Å². The summed E-state index contributed by atoms with van der Waals surface area (Å²) >= 11 is 1.36. The Morgan fingerprint density at radius 3 is 2.81 bits per heavy atom. The van der Waals surface area contributed by atoms with Gasteiger partial charge < -0.3 is 14.8 Å².